The zero-order valence-electron chi connectivity index (χ0n) is 12.2. The normalized spacial score (nSPS) is 10.3. The molecule has 21 heavy (non-hydrogen) atoms. The van der Waals surface area contributed by atoms with E-state index < -0.39 is 0 Å². The Morgan fingerprint density at radius 3 is 2.38 bits per heavy atom. The minimum absolute atomic E-state index is 0.641. The van der Waals surface area contributed by atoms with Crippen LogP contribution in [0.3, 0.4) is 0 Å². The van der Waals surface area contributed by atoms with Crippen LogP contribution in [-0.2, 0) is 6.54 Å². The fraction of sp³-hybridized carbons (Fsp3) is 0.250. The van der Waals surface area contributed by atoms with Crippen molar-refractivity contribution < 1.29 is 9.47 Å². The van der Waals surface area contributed by atoms with Crippen molar-refractivity contribution in [1.29, 1.82) is 0 Å². The molecule has 0 saturated carbocycles. The van der Waals surface area contributed by atoms with Gasteiger partial charge in [0.15, 0.2) is 11.5 Å². The van der Waals surface area contributed by atoms with Gasteiger partial charge < -0.3 is 14.8 Å². The SMILES string of the molecule is COc1cc(C)c(NCc2ccc(Br)cc2Cl)cc1OC. The maximum Gasteiger partial charge on any atom is 0.162 e. The Kier molecular flexibility index (Phi) is 5.37. The summed E-state index contributed by atoms with van der Waals surface area (Å²) in [6.07, 6.45) is 0. The van der Waals surface area contributed by atoms with Gasteiger partial charge >= 0.3 is 0 Å². The Labute approximate surface area is 138 Å². The second-order valence-corrected chi connectivity index (χ2v) is 5.93. The summed E-state index contributed by atoms with van der Waals surface area (Å²) < 4.78 is 11.6. The predicted octanol–water partition coefficient (Wildman–Crippen LogP) is 5.04. The van der Waals surface area contributed by atoms with Crippen LogP contribution in [0, 0.1) is 6.92 Å². The van der Waals surface area contributed by atoms with Crippen molar-refractivity contribution in [2.45, 2.75) is 13.5 Å². The highest BCUT2D eigenvalue weighted by atomic mass is 79.9. The fourth-order valence-electron chi connectivity index (χ4n) is 2.03. The van der Waals surface area contributed by atoms with Gasteiger partial charge in [0.1, 0.15) is 0 Å². The first-order chi connectivity index (χ1) is 10.0. The van der Waals surface area contributed by atoms with Crippen molar-refractivity contribution in [2.24, 2.45) is 0 Å². The number of halogens is 2. The van der Waals surface area contributed by atoms with Crippen molar-refractivity contribution in [2.75, 3.05) is 19.5 Å². The van der Waals surface area contributed by atoms with E-state index in [1.165, 1.54) is 0 Å². The zero-order valence-corrected chi connectivity index (χ0v) is 14.5. The Morgan fingerprint density at radius 2 is 1.76 bits per heavy atom. The molecular weight excluding hydrogens is 354 g/mol. The highest BCUT2D eigenvalue weighted by Crippen LogP contribution is 2.33. The molecule has 0 saturated heterocycles. The summed E-state index contributed by atoms with van der Waals surface area (Å²) in [6.45, 7) is 2.66. The number of methoxy groups -OCH3 is 2. The van der Waals surface area contributed by atoms with Crippen LogP contribution in [0.15, 0.2) is 34.8 Å². The van der Waals surface area contributed by atoms with Crippen molar-refractivity contribution in [3.8, 4) is 11.5 Å². The van der Waals surface area contributed by atoms with Gasteiger partial charge in [0.25, 0.3) is 0 Å². The van der Waals surface area contributed by atoms with Gasteiger partial charge in [-0.15, -0.1) is 0 Å². The van der Waals surface area contributed by atoms with E-state index in [-0.39, 0.29) is 0 Å². The third kappa shape index (κ3) is 3.83. The number of rotatable bonds is 5. The van der Waals surface area contributed by atoms with Crippen LogP contribution < -0.4 is 14.8 Å². The molecular formula is C16H17BrClNO2. The molecule has 2 rings (SSSR count). The van der Waals surface area contributed by atoms with E-state index in [1.807, 2.05) is 37.3 Å². The molecule has 0 bridgehead atoms. The number of nitrogens with one attached hydrogen (secondary N) is 1. The van der Waals surface area contributed by atoms with Gasteiger partial charge in [0.05, 0.1) is 14.2 Å². The van der Waals surface area contributed by atoms with E-state index in [0.29, 0.717) is 12.3 Å². The number of benzene rings is 2. The summed E-state index contributed by atoms with van der Waals surface area (Å²) in [5, 5.41) is 4.11. The number of aryl methyl sites for hydroxylation is 1. The quantitative estimate of drug-likeness (QED) is 0.800. The molecule has 0 spiro atoms. The van der Waals surface area contributed by atoms with Gasteiger partial charge in [-0.3, -0.25) is 0 Å². The average molecular weight is 371 g/mol. The van der Waals surface area contributed by atoms with Crippen molar-refractivity contribution in [1.82, 2.24) is 0 Å². The lowest BCUT2D eigenvalue weighted by Crippen LogP contribution is -2.03. The standard InChI is InChI=1S/C16H17BrClNO2/c1-10-6-15(20-2)16(21-3)8-14(10)19-9-11-4-5-12(17)7-13(11)18/h4-8,19H,9H2,1-3H3. The van der Waals surface area contributed by atoms with Crippen LogP contribution in [0.25, 0.3) is 0 Å². The summed E-state index contributed by atoms with van der Waals surface area (Å²) in [6, 6.07) is 9.74. The summed E-state index contributed by atoms with van der Waals surface area (Å²) in [4.78, 5) is 0. The minimum atomic E-state index is 0.641. The molecule has 0 aliphatic carbocycles. The molecule has 2 aromatic rings. The Hall–Kier alpha value is -1.39. The predicted molar refractivity (Wildman–Crippen MR) is 90.8 cm³/mol. The van der Waals surface area contributed by atoms with E-state index in [1.54, 1.807) is 14.2 Å². The summed E-state index contributed by atoms with van der Waals surface area (Å²) in [5.74, 6) is 1.43. The first kappa shape index (κ1) is 16.0. The molecule has 0 aromatic heterocycles. The second kappa shape index (κ2) is 7.05. The lowest BCUT2D eigenvalue weighted by atomic mass is 10.1. The minimum Gasteiger partial charge on any atom is -0.493 e. The summed E-state index contributed by atoms with van der Waals surface area (Å²) >= 11 is 9.63. The van der Waals surface area contributed by atoms with E-state index in [4.69, 9.17) is 21.1 Å². The molecule has 2 aromatic carbocycles. The summed E-state index contributed by atoms with van der Waals surface area (Å²) in [5.41, 5.74) is 3.11. The van der Waals surface area contributed by atoms with Crippen molar-refractivity contribution in [3.63, 3.8) is 0 Å². The highest BCUT2D eigenvalue weighted by molar-refractivity contribution is 9.10. The molecule has 0 aliphatic rings. The van der Waals surface area contributed by atoms with Crippen LogP contribution in [0.4, 0.5) is 5.69 Å². The number of hydrogen-bond acceptors (Lipinski definition) is 3. The third-order valence-electron chi connectivity index (χ3n) is 3.21. The van der Waals surface area contributed by atoms with Gasteiger partial charge in [-0.05, 0) is 36.2 Å². The maximum absolute atomic E-state index is 6.23. The van der Waals surface area contributed by atoms with Crippen molar-refractivity contribution in [3.05, 3.63) is 51.0 Å². The molecule has 0 radical (unpaired) electrons. The lowest BCUT2D eigenvalue weighted by molar-refractivity contribution is 0.355. The van der Waals surface area contributed by atoms with Crippen LogP contribution in [0.2, 0.25) is 5.02 Å². The van der Waals surface area contributed by atoms with Gasteiger partial charge in [-0.25, -0.2) is 0 Å². The smallest absolute Gasteiger partial charge is 0.162 e. The molecule has 5 heteroatoms. The Balaban J connectivity index is 2.19. The zero-order chi connectivity index (χ0) is 15.4. The highest BCUT2D eigenvalue weighted by Gasteiger charge is 2.09. The first-order valence-electron chi connectivity index (χ1n) is 6.45. The third-order valence-corrected chi connectivity index (χ3v) is 4.06. The first-order valence-corrected chi connectivity index (χ1v) is 7.62. The largest absolute Gasteiger partial charge is 0.493 e. The fourth-order valence-corrected chi connectivity index (χ4v) is 2.77. The topological polar surface area (TPSA) is 30.5 Å². The van der Waals surface area contributed by atoms with E-state index in [2.05, 4.69) is 21.2 Å². The van der Waals surface area contributed by atoms with Crippen LogP contribution in [-0.4, -0.2) is 14.2 Å². The molecule has 0 unspecified atom stereocenters. The number of anilines is 1. The Morgan fingerprint density at radius 1 is 1.10 bits per heavy atom. The van der Waals surface area contributed by atoms with E-state index >= 15 is 0 Å². The molecule has 0 amide bonds. The molecule has 0 heterocycles. The molecule has 0 aliphatic heterocycles. The maximum atomic E-state index is 6.23. The Bertz CT molecular complexity index is 646. The van der Waals surface area contributed by atoms with Crippen LogP contribution >= 0.6 is 27.5 Å². The number of hydrogen-bond donors (Lipinski definition) is 1. The van der Waals surface area contributed by atoms with E-state index in [0.717, 1.165) is 32.1 Å². The number of ether oxygens (including phenoxy) is 2. The van der Waals surface area contributed by atoms with Crippen molar-refractivity contribution >= 4 is 33.2 Å². The van der Waals surface area contributed by atoms with E-state index in [9.17, 15) is 0 Å². The molecule has 1 N–H and O–H groups in total. The second-order valence-electron chi connectivity index (χ2n) is 4.61. The average Bonchev–Trinajstić information content (AvgIpc) is 2.47. The molecule has 0 fully saturated rings. The monoisotopic (exact) mass is 369 g/mol. The molecule has 112 valence electrons. The molecule has 0 atom stereocenters. The summed E-state index contributed by atoms with van der Waals surface area (Å²) in [7, 11) is 3.26. The molecule has 3 nitrogen and oxygen atoms in total. The van der Waals surface area contributed by atoms with Gasteiger partial charge in [-0.1, -0.05) is 33.6 Å². The van der Waals surface area contributed by atoms with Gasteiger partial charge in [-0.2, -0.15) is 0 Å². The lowest BCUT2D eigenvalue weighted by Gasteiger charge is -2.15. The van der Waals surface area contributed by atoms with Gasteiger partial charge in [0, 0.05) is 27.8 Å². The van der Waals surface area contributed by atoms with Crippen LogP contribution in [0.1, 0.15) is 11.1 Å². The van der Waals surface area contributed by atoms with Crippen LogP contribution in [0.5, 0.6) is 11.5 Å². The van der Waals surface area contributed by atoms with Gasteiger partial charge in [0.2, 0.25) is 0 Å².